The van der Waals surface area contributed by atoms with E-state index in [1.165, 1.54) is 140 Å². The van der Waals surface area contributed by atoms with E-state index in [0.717, 1.165) is 237 Å². The van der Waals surface area contributed by atoms with E-state index in [4.69, 9.17) is 9.97 Å². The second kappa shape index (κ2) is 40.1. The predicted molar refractivity (Wildman–Crippen MR) is 591 cm³/mol. The number of hydrogen-bond donors (Lipinski definition) is 2. The molecule has 4 nitrogen and oxygen atoms in total. The lowest BCUT2D eigenvalue weighted by Crippen LogP contribution is -2.25. The van der Waals surface area contributed by atoms with Crippen LogP contribution in [0.1, 0.15) is 321 Å². The van der Waals surface area contributed by atoms with Gasteiger partial charge in [0.05, 0.1) is 22.8 Å². The molecule has 15 aromatic rings. The highest BCUT2D eigenvalue weighted by Gasteiger charge is 2.47. The van der Waals surface area contributed by atoms with Crippen LogP contribution in [0.3, 0.4) is 0 Å². The Kier molecular flexibility index (Phi) is 26.3. The third-order valence-electron chi connectivity index (χ3n) is 31.6. The number of nitrogens with zero attached hydrogens (tertiary/aromatic N) is 2. The van der Waals surface area contributed by atoms with Gasteiger partial charge in [-0.05, 0) is 308 Å². The summed E-state index contributed by atoms with van der Waals surface area (Å²) in [5, 5.41) is 0. The molecular weight excluding hydrogens is 1690 g/mol. The fourth-order valence-corrected chi connectivity index (χ4v) is 24.5. The van der Waals surface area contributed by atoms with Gasteiger partial charge in [-0.2, -0.15) is 0 Å². The molecule has 6 aliphatic rings. The molecule has 690 valence electrons. The van der Waals surface area contributed by atoms with E-state index in [9.17, 15) is 0 Å². The van der Waals surface area contributed by atoms with Gasteiger partial charge in [0.25, 0.3) is 0 Å². The third kappa shape index (κ3) is 17.1. The first-order valence-corrected chi connectivity index (χ1v) is 52.6. The Bertz CT molecular complexity index is 6850. The fourth-order valence-electron chi connectivity index (χ4n) is 24.5. The number of hydrogen-bond acceptors (Lipinski definition) is 2. The van der Waals surface area contributed by atoms with Crippen molar-refractivity contribution in [3.05, 3.63) is 403 Å². The second-order valence-electron chi connectivity index (χ2n) is 40.2. The Labute approximate surface area is 831 Å². The van der Waals surface area contributed by atoms with E-state index in [1.807, 2.05) is 0 Å². The molecule has 8 bridgehead atoms. The lowest BCUT2D eigenvalue weighted by molar-refractivity contribution is 0.414. The zero-order chi connectivity index (χ0) is 95.3. The molecule has 12 aromatic carbocycles. The summed E-state index contributed by atoms with van der Waals surface area (Å²) >= 11 is 0. The summed E-state index contributed by atoms with van der Waals surface area (Å²) in [6, 6.07) is 109. The summed E-state index contributed by atoms with van der Waals surface area (Å²) in [6.45, 7) is 18.6. The Balaban J connectivity index is 0.711. The summed E-state index contributed by atoms with van der Waals surface area (Å²) in [7, 11) is 0. The normalized spacial score (nSPS) is 13.8. The van der Waals surface area contributed by atoms with Crippen LogP contribution in [0.2, 0.25) is 0 Å². The average molecular weight is 1820 g/mol. The number of benzene rings is 12. The van der Waals surface area contributed by atoms with E-state index in [1.54, 1.807) is 0 Å². The molecule has 2 N–H and O–H groups in total. The van der Waals surface area contributed by atoms with Crippen LogP contribution >= 0.6 is 0 Å². The monoisotopic (exact) mass is 1810 g/mol. The van der Waals surface area contributed by atoms with Crippen molar-refractivity contribution in [1.29, 1.82) is 0 Å². The van der Waals surface area contributed by atoms with Gasteiger partial charge in [0.2, 0.25) is 0 Å². The largest absolute Gasteiger partial charge is 0.354 e. The number of H-pyrrole nitrogens is 2. The van der Waals surface area contributed by atoms with E-state index in [-0.39, 0.29) is 21.7 Å². The van der Waals surface area contributed by atoms with E-state index < -0.39 is 0 Å². The molecule has 3 aromatic heterocycles. The van der Waals surface area contributed by atoms with Gasteiger partial charge in [0.1, 0.15) is 0 Å². The SMILES string of the molecule is CCCCC1(CCCC)c2ccccc2-c2ccc(C#Cc3ccc(-c4c5nc(c(-c6ccc(C#Cc7ccc8c(c7)C(CCCC)(CCCC)c7ccccc7-8)cc6)c6ccc([nH]6)c(-c6ccc(C#Cc7ccc8c(c7)C(CCCC)(CCCC)c7ccccc7-8)cc6)c6nc(c(-c7ccc(C#Cc8ccc9c(c8)C(CCCC)(CCCC)c8ccccc8-9)cc7)c7ccc4[nH]7)C=C6)C=C5)cc3)cc21. The molecule has 4 heteroatoms. The minimum atomic E-state index is -0.0261. The molecule has 0 amide bonds. The standard InChI is InChI=1S/C136H126N4/c1-9-17-81-133(82-18-10-2)113-37-29-25-33-105(113)109-69-57-97(89-117(109)133)45-41-93-49-61-101(62-50-93)129-121-73-75-123(137-121)130(102-63-51-94(52-64-102)42-46-98-58-70-110-106-34-26-30-38-114(106)134(83-19-11-3,84-20-12-4)118(110)90-98)125-77-79-127(139-125)132(104-67-55-96(56-68-104)44-48-100-60-72-112-108-36-28-32-40-116(108)136(87-23-15-7,88-24-16-8)120(112)92-100)128-80-78-126(140-128)131(124-76-74-122(129)138-124)103-65-53-95(54-66-103)43-47-99-59-71-111-107-35-27-31-39-115(107)135(85-21-13-5,86-22-14-6)119(111)91-99/h25-40,49-80,89-92,137,140H,9-24,81-88H2,1-8H3. The molecule has 0 saturated carbocycles. The summed E-state index contributed by atoms with van der Waals surface area (Å²) in [6.07, 6.45) is 36.6. The molecule has 140 heavy (non-hydrogen) atoms. The van der Waals surface area contributed by atoms with Gasteiger partial charge >= 0.3 is 0 Å². The molecule has 0 fully saturated rings. The molecule has 0 saturated heterocycles. The molecule has 5 heterocycles. The molecule has 0 atom stereocenters. The Morgan fingerprint density at radius 1 is 0.193 bits per heavy atom. The number of fused-ring (bicyclic) bond motifs is 20. The zero-order valence-electron chi connectivity index (χ0n) is 82.9. The van der Waals surface area contributed by atoms with Crippen LogP contribution in [0.4, 0.5) is 0 Å². The number of unbranched alkanes of at least 4 members (excludes halogenated alkanes) is 8. The Hall–Kier alpha value is -14.5. The number of rotatable bonds is 28. The Morgan fingerprint density at radius 2 is 0.371 bits per heavy atom. The highest BCUT2D eigenvalue weighted by Crippen LogP contribution is 2.60. The van der Waals surface area contributed by atoms with Crippen molar-refractivity contribution >= 4 is 46.4 Å². The average Bonchev–Trinajstić information content (AvgIpc) is 1.58. The van der Waals surface area contributed by atoms with E-state index >= 15 is 0 Å². The van der Waals surface area contributed by atoms with Crippen molar-refractivity contribution in [2.45, 2.75) is 231 Å². The molecule has 0 radical (unpaired) electrons. The molecule has 0 unspecified atom stereocenters. The van der Waals surface area contributed by atoms with E-state index in [0.29, 0.717) is 0 Å². The molecule has 0 spiro atoms. The quantitative estimate of drug-likeness (QED) is 0.0480. The predicted octanol–water partition coefficient (Wildman–Crippen LogP) is 35.5. The van der Waals surface area contributed by atoms with Gasteiger partial charge in [-0.1, -0.05) is 375 Å². The first-order valence-electron chi connectivity index (χ1n) is 52.6. The van der Waals surface area contributed by atoms with Gasteiger partial charge in [0, 0.05) is 110 Å². The maximum absolute atomic E-state index is 5.86. The van der Waals surface area contributed by atoms with Crippen LogP contribution in [-0.4, -0.2) is 19.9 Å². The lowest BCUT2D eigenvalue weighted by atomic mass is 9.70. The van der Waals surface area contributed by atoms with Gasteiger partial charge in [-0.25, -0.2) is 9.97 Å². The van der Waals surface area contributed by atoms with Crippen LogP contribution < -0.4 is 0 Å². The van der Waals surface area contributed by atoms with Crippen molar-refractivity contribution < 1.29 is 0 Å². The van der Waals surface area contributed by atoms with Gasteiger partial charge < -0.3 is 9.97 Å². The van der Waals surface area contributed by atoms with Crippen molar-refractivity contribution in [2.24, 2.45) is 0 Å². The molecule has 2 aliphatic heterocycles. The van der Waals surface area contributed by atoms with Crippen LogP contribution in [-0.2, 0) is 21.7 Å². The van der Waals surface area contributed by atoms with Crippen LogP contribution in [0.15, 0.2) is 291 Å². The Morgan fingerprint density at radius 3 is 0.571 bits per heavy atom. The smallest absolute Gasteiger partial charge is 0.0737 e. The lowest BCUT2D eigenvalue weighted by Gasteiger charge is -2.32. The van der Waals surface area contributed by atoms with Crippen LogP contribution in [0.5, 0.6) is 0 Å². The van der Waals surface area contributed by atoms with Crippen LogP contribution in [0.25, 0.3) is 135 Å². The molecule has 21 rings (SSSR count). The zero-order valence-corrected chi connectivity index (χ0v) is 82.9. The number of nitrogens with one attached hydrogen (secondary N) is 2. The van der Waals surface area contributed by atoms with Gasteiger partial charge in [-0.3, -0.25) is 0 Å². The maximum Gasteiger partial charge on any atom is 0.0737 e. The topological polar surface area (TPSA) is 57.4 Å². The summed E-state index contributed by atoms with van der Waals surface area (Å²) < 4.78 is 0. The van der Waals surface area contributed by atoms with Crippen molar-refractivity contribution in [1.82, 2.24) is 19.9 Å². The molecule has 4 aliphatic carbocycles. The third-order valence-corrected chi connectivity index (χ3v) is 31.6. The van der Waals surface area contributed by atoms with E-state index in [2.05, 4.69) is 428 Å². The van der Waals surface area contributed by atoms with Crippen molar-refractivity contribution in [3.8, 4) is 136 Å². The van der Waals surface area contributed by atoms with Gasteiger partial charge in [0.15, 0.2) is 0 Å². The van der Waals surface area contributed by atoms with Crippen molar-refractivity contribution in [3.63, 3.8) is 0 Å². The minimum Gasteiger partial charge on any atom is -0.354 e. The summed E-state index contributed by atoms with van der Waals surface area (Å²) in [4.78, 5) is 19.9. The first kappa shape index (κ1) is 91.9. The summed E-state index contributed by atoms with van der Waals surface area (Å²) in [5.41, 5.74) is 45.2. The summed E-state index contributed by atoms with van der Waals surface area (Å²) in [5.74, 6) is 29.4. The van der Waals surface area contributed by atoms with Crippen LogP contribution in [0, 0.1) is 47.4 Å². The highest BCUT2D eigenvalue weighted by atomic mass is 14.8. The van der Waals surface area contributed by atoms with Crippen molar-refractivity contribution in [2.75, 3.05) is 0 Å². The van der Waals surface area contributed by atoms with Gasteiger partial charge in [-0.15, -0.1) is 0 Å². The first-order chi connectivity index (χ1) is 68.9. The second-order valence-corrected chi connectivity index (χ2v) is 40.2. The minimum absolute atomic E-state index is 0.0261. The highest BCUT2D eigenvalue weighted by molar-refractivity contribution is 6.01. The molecular formula is C136H126N4. The number of aromatic nitrogens is 4. The fraction of sp³-hybridized carbons (Fsp3) is 0.265. The maximum atomic E-state index is 5.86. The number of aromatic amines is 2.